The lowest BCUT2D eigenvalue weighted by Crippen LogP contribution is -2.26. The van der Waals surface area contributed by atoms with E-state index >= 15 is 0 Å². The smallest absolute Gasteiger partial charge is 0.252 e. The van der Waals surface area contributed by atoms with Crippen LogP contribution in [0.3, 0.4) is 0 Å². The number of carbonyl (C=O) groups excluding carboxylic acids is 1. The molecule has 80 valence electrons. The van der Waals surface area contributed by atoms with E-state index in [0.29, 0.717) is 16.5 Å². The van der Waals surface area contributed by atoms with Gasteiger partial charge in [-0.2, -0.15) is 0 Å². The average Bonchev–Trinajstić information content (AvgIpc) is 2.97. The number of rotatable bonds is 3. The van der Waals surface area contributed by atoms with Crippen LogP contribution >= 0.6 is 34.2 Å². The Morgan fingerprint density at radius 1 is 1.53 bits per heavy atom. The summed E-state index contributed by atoms with van der Waals surface area (Å²) in [5.74, 6) is 0.710. The Kier molecular flexibility index (Phi) is 3.51. The van der Waals surface area contributed by atoms with Gasteiger partial charge in [-0.25, -0.2) is 0 Å². The molecule has 0 saturated heterocycles. The van der Waals surface area contributed by atoms with Gasteiger partial charge in [0, 0.05) is 15.1 Å². The van der Waals surface area contributed by atoms with Crippen LogP contribution in [0.25, 0.3) is 0 Å². The quantitative estimate of drug-likeness (QED) is 0.845. The molecular weight excluding hydrogens is 324 g/mol. The summed E-state index contributed by atoms with van der Waals surface area (Å²) in [4.78, 5) is 11.8. The predicted molar refractivity (Wildman–Crippen MR) is 69.2 cm³/mol. The Hall–Kier alpha value is -0.290. The van der Waals surface area contributed by atoms with Gasteiger partial charge in [0.25, 0.3) is 5.91 Å². The molecule has 1 fully saturated rings. The molecular formula is C11H11ClINO. The van der Waals surface area contributed by atoms with Crippen molar-refractivity contribution in [2.75, 3.05) is 6.54 Å². The molecule has 2 rings (SSSR count). The van der Waals surface area contributed by atoms with E-state index in [9.17, 15) is 4.79 Å². The molecule has 2 nitrogen and oxygen atoms in total. The van der Waals surface area contributed by atoms with Gasteiger partial charge in [-0.1, -0.05) is 11.6 Å². The van der Waals surface area contributed by atoms with Gasteiger partial charge in [0.2, 0.25) is 0 Å². The highest BCUT2D eigenvalue weighted by Crippen LogP contribution is 2.27. The topological polar surface area (TPSA) is 29.1 Å². The molecule has 0 spiro atoms. The van der Waals surface area contributed by atoms with Gasteiger partial charge in [-0.15, -0.1) is 0 Å². The zero-order valence-electron chi connectivity index (χ0n) is 8.09. The number of hydrogen-bond acceptors (Lipinski definition) is 1. The van der Waals surface area contributed by atoms with Crippen molar-refractivity contribution in [3.05, 3.63) is 32.4 Å². The lowest BCUT2D eigenvalue weighted by molar-refractivity contribution is 0.0951. The van der Waals surface area contributed by atoms with E-state index in [1.165, 1.54) is 12.8 Å². The lowest BCUT2D eigenvalue weighted by Gasteiger charge is -2.06. The molecule has 0 radical (unpaired) electrons. The normalized spacial score (nSPS) is 15.1. The Labute approximate surface area is 108 Å². The van der Waals surface area contributed by atoms with Crippen LogP contribution < -0.4 is 5.32 Å². The largest absolute Gasteiger partial charge is 0.352 e. The molecule has 1 aromatic carbocycles. The Balaban J connectivity index is 2.03. The van der Waals surface area contributed by atoms with Gasteiger partial charge < -0.3 is 5.32 Å². The fourth-order valence-corrected chi connectivity index (χ4v) is 2.44. The number of nitrogens with one attached hydrogen (secondary N) is 1. The zero-order chi connectivity index (χ0) is 10.8. The van der Waals surface area contributed by atoms with Crippen molar-refractivity contribution >= 4 is 40.1 Å². The van der Waals surface area contributed by atoms with E-state index in [1.54, 1.807) is 18.2 Å². The van der Waals surface area contributed by atoms with Crippen molar-refractivity contribution in [1.29, 1.82) is 0 Å². The van der Waals surface area contributed by atoms with Gasteiger partial charge in [-0.3, -0.25) is 4.79 Å². The van der Waals surface area contributed by atoms with E-state index < -0.39 is 0 Å². The first kappa shape index (κ1) is 11.2. The maximum Gasteiger partial charge on any atom is 0.252 e. The summed E-state index contributed by atoms with van der Waals surface area (Å²) in [7, 11) is 0. The Morgan fingerprint density at radius 2 is 2.27 bits per heavy atom. The van der Waals surface area contributed by atoms with Gasteiger partial charge in [0.05, 0.1) is 5.56 Å². The molecule has 1 aliphatic carbocycles. The number of halogens is 2. The predicted octanol–water partition coefficient (Wildman–Crippen LogP) is 3.08. The number of hydrogen-bond donors (Lipinski definition) is 1. The zero-order valence-corrected chi connectivity index (χ0v) is 11.0. The van der Waals surface area contributed by atoms with Crippen LogP contribution in [0.2, 0.25) is 5.02 Å². The van der Waals surface area contributed by atoms with Crippen LogP contribution in [-0.2, 0) is 0 Å². The maximum absolute atomic E-state index is 11.8. The lowest BCUT2D eigenvalue weighted by atomic mass is 10.2. The molecule has 4 heteroatoms. The molecule has 1 N–H and O–H groups in total. The SMILES string of the molecule is O=C(NCC1CC1)c1ccc(Cl)cc1I. The second-order valence-corrected chi connectivity index (χ2v) is 5.38. The van der Waals surface area contributed by atoms with Crippen molar-refractivity contribution in [2.24, 2.45) is 5.92 Å². The highest BCUT2D eigenvalue weighted by molar-refractivity contribution is 14.1. The summed E-state index contributed by atoms with van der Waals surface area (Å²) in [5.41, 5.74) is 0.709. The maximum atomic E-state index is 11.8. The first-order valence-electron chi connectivity index (χ1n) is 4.90. The van der Waals surface area contributed by atoms with Crippen molar-refractivity contribution in [1.82, 2.24) is 5.32 Å². The minimum atomic E-state index is 0.00275. The van der Waals surface area contributed by atoms with Crippen LogP contribution in [0.15, 0.2) is 18.2 Å². The molecule has 0 heterocycles. The van der Waals surface area contributed by atoms with E-state index in [-0.39, 0.29) is 5.91 Å². The number of amides is 1. The van der Waals surface area contributed by atoms with Gasteiger partial charge in [0.15, 0.2) is 0 Å². The van der Waals surface area contributed by atoms with Crippen LogP contribution in [0.5, 0.6) is 0 Å². The Morgan fingerprint density at radius 3 is 2.87 bits per heavy atom. The second kappa shape index (κ2) is 4.70. The van der Waals surface area contributed by atoms with Crippen LogP contribution in [0.4, 0.5) is 0 Å². The van der Waals surface area contributed by atoms with E-state index in [4.69, 9.17) is 11.6 Å². The van der Waals surface area contributed by atoms with Gasteiger partial charge >= 0.3 is 0 Å². The monoisotopic (exact) mass is 335 g/mol. The Bertz CT molecular complexity index is 390. The molecule has 1 aromatic rings. The van der Waals surface area contributed by atoms with Crippen molar-refractivity contribution in [3.8, 4) is 0 Å². The summed E-state index contributed by atoms with van der Waals surface area (Å²) >= 11 is 7.95. The summed E-state index contributed by atoms with van der Waals surface area (Å²) in [6.07, 6.45) is 2.50. The standard InChI is InChI=1S/C11H11ClINO/c12-8-3-4-9(10(13)5-8)11(15)14-6-7-1-2-7/h3-5,7H,1-2,6H2,(H,14,15). The first-order chi connectivity index (χ1) is 7.16. The third-order valence-corrected chi connectivity index (χ3v) is 3.55. The van der Waals surface area contributed by atoms with Crippen LogP contribution in [-0.4, -0.2) is 12.5 Å². The van der Waals surface area contributed by atoms with Crippen molar-refractivity contribution in [2.45, 2.75) is 12.8 Å². The summed E-state index contributed by atoms with van der Waals surface area (Å²) in [5, 5.41) is 3.60. The van der Waals surface area contributed by atoms with E-state index in [0.717, 1.165) is 10.1 Å². The van der Waals surface area contributed by atoms with E-state index in [2.05, 4.69) is 27.9 Å². The highest BCUT2D eigenvalue weighted by Gasteiger charge is 2.22. The molecule has 0 unspecified atom stereocenters. The molecule has 15 heavy (non-hydrogen) atoms. The third-order valence-electron chi connectivity index (χ3n) is 2.42. The minimum Gasteiger partial charge on any atom is -0.352 e. The summed E-state index contributed by atoms with van der Waals surface area (Å²) < 4.78 is 0.897. The van der Waals surface area contributed by atoms with Crippen molar-refractivity contribution < 1.29 is 4.79 Å². The van der Waals surface area contributed by atoms with Gasteiger partial charge in [-0.05, 0) is 59.5 Å². The third kappa shape index (κ3) is 3.08. The molecule has 0 atom stereocenters. The molecule has 0 aliphatic heterocycles. The summed E-state index contributed by atoms with van der Waals surface area (Å²) in [6, 6.07) is 5.32. The van der Waals surface area contributed by atoms with Gasteiger partial charge in [0.1, 0.15) is 0 Å². The average molecular weight is 336 g/mol. The minimum absolute atomic E-state index is 0.00275. The second-order valence-electron chi connectivity index (χ2n) is 3.78. The van der Waals surface area contributed by atoms with Crippen LogP contribution in [0.1, 0.15) is 23.2 Å². The molecule has 1 aliphatic rings. The van der Waals surface area contributed by atoms with E-state index in [1.807, 2.05) is 0 Å². The molecule has 1 saturated carbocycles. The fraction of sp³-hybridized carbons (Fsp3) is 0.364. The van der Waals surface area contributed by atoms with Crippen LogP contribution in [0, 0.1) is 9.49 Å². The molecule has 0 bridgehead atoms. The number of benzene rings is 1. The fourth-order valence-electron chi connectivity index (χ4n) is 1.33. The highest BCUT2D eigenvalue weighted by atomic mass is 127. The molecule has 0 aromatic heterocycles. The molecule has 1 amide bonds. The summed E-state index contributed by atoms with van der Waals surface area (Å²) in [6.45, 7) is 0.803. The van der Waals surface area contributed by atoms with Crippen molar-refractivity contribution in [3.63, 3.8) is 0 Å². The number of carbonyl (C=O) groups is 1. The first-order valence-corrected chi connectivity index (χ1v) is 6.36.